The summed E-state index contributed by atoms with van der Waals surface area (Å²) in [6.45, 7) is 3.98. The molecule has 1 heterocycles. The topological polar surface area (TPSA) is 73.1 Å². The zero-order valence-electron chi connectivity index (χ0n) is 12.4. The molecule has 0 saturated carbocycles. The second-order valence-corrected chi connectivity index (χ2v) is 7.23. The monoisotopic (exact) mass is 308 g/mol. The Bertz CT molecular complexity index is 692. The Hall–Kier alpha value is -1.69. The SMILES string of the molecule is CCCCc1noc(CS(=O)(=O)Cc2ccccc2C)n1. The molecule has 2 aromatic rings. The van der Waals surface area contributed by atoms with Crippen LogP contribution in [0.2, 0.25) is 0 Å². The van der Waals surface area contributed by atoms with Gasteiger partial charge in [-0.1, -0.05) is 42.8 Å². The average molecular weight is 308 g/mol. The van der Waals surface area contributed by atoms with Crippen molar-refractivity contribution >= 4 is 9.84 Å². The van der Waals surface area contributed by atoms with Gasteiger partial charge in [0.25, 0.3) is 0 Å². The van der Waals surface area contributed by atoms with Crippen molar-refractivity contribution in [2.45, 2.75) is 44.6 Å². The van der Waals surface area contributed by atoms with Crippen molar-refractivity contribution in [1.29, 1.82) is 0 Å². The molecule has 0 spiro atoms. The van der Waals surface area contributed by atoms with Gasteiger partial charge in [-0.2, -0.15) is 4.98 Å². The second kappa shape index (κ2) is 6.85. The van der Waals surface area contributed by atoms with Gasteiger partial charge in [0.2, 0.25) is 5.89 Å². The Morgan fingerprint density at radius 3 is 2.67 bits per heavy atom. The van der Waals surface area contributed by atoms with E-state index >= 15 is 0 Å². The number of aryl methyl sites for hydroxylation is 2. The smallest absolute Gasteiger partial charge is 0.241 e. The van der Waals surface area contributed by atoms with E-state index in [0.29, 0.717) is 5.82 Å². The van der Waals surface area contributed by atoms with Crippen LogP contribution >= 0.6 is 0 Å². The van der Waals surface area contributed by atoms with Gasteiger partial charge in [-0.15, -0.1) is 0 Å². The van der Waals surface area contributed by atoms with E-state index in [-0.39, 0.29) is 17.4 Å². The van der Waals surface area contributed by atoms with Gasteiger partial charge in [-0.25, -0.2) is 8.42 Å². The molecule has 0 aliphatic heterocycles. The van der Waals surface area contributed by atoms with Crippen LogP contribution in [0.25, 0.3) is 0 Å². The van der Waals surface area contributed by atoms with Gasteiger partial charge in [0.05, 0.1) is 5.75 Å². The quantitative estimate of drug-likeness (QED) is 0.786. The van der Waals surface area contributed by atoms with Gasteiger partial charge < -0.3 is 4.52 Å². The molecule has 114 valence electrons. The molecule has 0 radical (unpaired) electrons. The summed E-state index contributed by atoms with van der Waals surface area (Å²) >= 11 is 0. The summed E-state index contributed by atoms with van der Waals surface area (Å²) in [5.74, 6) is 0.542. The number of benzene rings is 1. The first kappa shape index (κ1) is 15.7. The van der Waals surface area contributed by atoms with Crippen LogP contribution < -0.4 is 0 Å². The summed E-state index contributed by atoms with van der Waals surface area (Å²) in [6, 6.07) is 7.46. The third-order valence-corrected chi connectivity index (χ3v) is 4.68. The van der Waals surface area contributed by atoms with Crippen molar-refractivity contribution in [2.24, 2.45) is 0 Å². The fourth-order valence-corrected chi connectivity index (χ4v) is 3.43. The number of nitrogens with zero attached hydrogens (tertiary/aromatic N) is 2. The highest BCUT2D eigenvalue weighted by Gasteiger charge is 2.18. The molecule has 5 nitrogen and oxygen atoms in total. The molecule has 6 heteroatoms. The summed E-state index contributed by atoms with van der Waals surface area (Å²) in [5.41, 5.74) is 1.78. The maximum Gasteiger partial charge on any atom is 0.241 e. The van der Waals surface area contributed by atoms with E-state index < -0.39 is 9.84 Å². The summed E-state index contributed by atoms with van der Waals surface area (Å²) in [4.78, 5) is 4.14. The molecule has 0 amide bonds. The number of unbranched alkanes of at least 4 members (excludes halogenated alkanes) is 1. The van der Waals surface area contributed by atoms with Crippen molar-refractivity contribution in [2.75, 3.05) is 0 Å². The second-order valence-electron chi connectivity index (χ2n) is 5.17. The van der Waals surface area contributed by atoms with Gasteiger partial charge in [0.15, 0.2) is 15.7 Å². The van der Waals surface area contributed by atoms with Crippen LogP contribution in [0.3, 0.4) is 0 Å². The van der Waals surface area contributed by atoms with E-state index in [4.69, 9.17) is 4.52 Å². The van der Waals surface area contributed by atoms with Crippen molar-refractivity contribution in [1.82, 2.24) is 10.1 Å². The standard InChI is InChI=1S/C15H20N2O3S/c1-3-4-9-14-16-15(20-17-14)11-21(18,19)10-13-8-6-5-7-12(13)2/h5-8H,3-4,9-11H2,1-2H3. The molecule has 0 saturated heterocycles. The highest BCUT2D eigenvalue weighted by molar-refractivity contribution is 7.89. The number of rotatable bonds is 7. The van der Waals surface area contributed by atoms with Crippen LogP contribution in [0, 0.1) is 6.92 Å². The normalized spacial score (nSPS) is 11.7. The fraction of sp³-hybridized carbons (Fsp3) is 0.467. The largest absolute Gasteiger partial charge is 0.338 e. The van der Waals surface area contributed by atoms with Crippen LogP contribution in [-0.4, -0.2) is 18.6 Å². The number of hydrogen-bond acceptors (Lipinski definition) is 5. The molecule has 0 N–H and O–H groups in total. The molecule has 1 aromatic carbocycles. The van der Waals surface area contributed by atoms with Crippen molar-refractivity contribution < 1.29 is 12.9 Å². The highest BCUT2D eigenvalue weighted by atomic mass is 32.2. The van der Waals surface area contributed by atoms with Crippen LogP contribution in [0.5, 0.6) is 0 Å². The van der Waals surface area contributed by atoms with Gasteiger partial charge in [0, 0.05) is 6.42 Å². The summed E-state index contributed by atoms with van der Waals surface area (Å²) in [6.07, 6.45) is 2.72. The Balaban J connectivity index is 2.04. The summed E-state index contributed by atoms with van der Waals surface area (Å²) in [7, 11) is -3.31. The lowest BCUT2D eigenvalue weighted by Gasteiger charge is -2.05. The molecule has 21 heavy (non-hydrogen) atoms. The molecular weight excluding hydrogens is 288 g/mol. The Morgan fingerprint density at radius 1 is 1.19 bits per heavy atom. The maximum absolute atomic E-state index is 12.2. The minimum absolute atomic E-state index is 0.00759. The zero-order chi connectivity index (χ0) is 15.3. The fourth-order valence-electron chi connectivity index (χ4n) is 2.03. The summed E-state index contributed by atoms with van der Waals surface area (Å²) < 4.78 is 29.5. The van der Waals surface area contributed by atoms with E-state index in [2.05, 4.69) is 17.1 Å². The van der Waals surface area contributed by atoms with Gasteiger partial charge >= 0.3 is 0 Å². The maximum atomic E-state index is 12.2. The predicted molar refractivity (Wildman–Crippen MR) is 80.4 cm³/mol. The molecule has 2 rings (SSSR count). The molecular formula is C15H20N2O3S. The number of sulfone groups is 1. The molecule has 0 bridgehead atoms. The molecule has 0 aliphatic carbocycles. The molecule has 0 atom stereocenters. The average Bonchev–Trinajstić information content (AvgIpc) is 2.85. The minimum atomic E-state index is -3.31. The van der Waals surface area contributed by atoms with E-state index in [1.807, 2.05) is 31.2 Å². The molecule has 0 unspecified atom stereocenters. The Morgan fingerprint density at radius 2 is 1.95 bits per heavy atom. The highest BCUT2D eigenvalue weighted by Crippen LogP contribution is 2.15. The summed E-state index contributed by atoms with van der Waals surface area (Å²) in [5, 5.41) is 3.81. The first-order chi connectivity index (χ1) is 10.00. The van der Waals surface area contributed by atoms with E-state index in [9.17, 15) is 8.42 Å². The third-order valence-electron chi connectivity index (χ3n) is 3.24. The van der Waals surface area contributed by atoms with Gasteiger partial charge in [-0.3, -0.25) is 0 Å². The molecule has 1 aromatic heterocycles. The molecule has 0 fully saturated rings. The third kappa shape index (κ3) is 4.67. The lowest BCUT2D eigenvalue weighted by molar-refractivity contribution is 0.382. The van der Waals surface area contributed by atoms with Gasteiger partial charge in [-0.05, 0) is 24.5 Å². The minimum Gasteiger partial charge on any atom is -0.338 e. The van der Waals surface area contributed by atoms with E-state index in [1.54, 1.807) is 0 Å². The van der Waals surface area contributed by atoms with E-state index in [0.717, 1.165) is 30.4 Å². The van der Waals surface area contributed by atoms with Gasteiger partial charge in [0.1, 0.15) is 5.75 Å². The molecule has 0 aliphatic rings. The number of aromatic nitrogens is 2. The first-order valence-electron chi connectivity index (χ1n) is 7.06. The van der Waals surface area contributed by atoms with Crippen molar-refractivity contribution in [3.05, 3.63) is 47.1 Å². The van der Waals surface area contributed by atoms with Crippen LogP contribution in [0.4, 0.5) is 0 Å². The lowest BCUT2D eigenvalue weighted by Crippen LogP contribution is -2.09. The first-order valence-corrected chi connectivity index (χ1v) is 8.88. The Labute approximate surface area is 125 Å². The van der Waals surface area contributed by atoms with Crippen molar-refractivity contribution in [3.63, 3.8) is 0 Å². The van der Waals surface area contributed by atoms with Crippen molar-refractivity contribution in [3.8, 4) is 0 Å². The van der Waals surface area contributed by atoms with E-state index in [1.165, 1.54) is 0 Å². The lowest BCUT2D eigenvalue weighted by atomic mass is 10.1. The Kier molecular flexibility index (Phi) is 5.12. The van der Waals surface area contributed by atoms with Crippen LogP contribution in [0.1, 0.15) is 42.6 Å². The zero-order valence-corrected chi connectivity index (χ0v) is 13.2. The van der Waals surface area contributed by atoms with Crippen LogP contribution in [-0.2, 0) is 27.8 Å². The van der Waals surface area contributed by atoms with Crippen LogP contribution in [0.15, 0.2) is 28.8 Å². The number of hydrogen-bond donors (Lipinski definition) is 0. The predicted octanol–water partition coefficient (Wildman–Crippen LogP) is 2.84.